The van der Waals surface area contributed by atoms with Gasteiger partial charge in [0.25, 0.3) is 11.8 Å². The highest BCUT2D eigenvalue weighted by atomic mass is 32.1. The maximum Gasteiger partial charge on any atom is 0.382 e. The molecule has 2 atom stereocenters. The lowest BCUT2D eigenvalue weighted by Crippen LogP contribution is -2.42. The van der Waals surface area contributed by atoms with Gasteiger partial charge in [0.05, 0.1) is 0 Å². The van der Waals surface area contributed by atoms with Crippen molar-refractivity contribution in [2.75, 3.05) is 7.05 Å². The highest BCUT2D eigenvalue weighted by Gasteiger charge is 2.35. The Hall–Kier alpha value is -3.08. The molecule has 0 aromatic carbocycles. The molecule has 0 radical (unpaired) electrons. The number of hydroxylamine groups is 2. The van der Waals surface area contributed by atoms with Crippen LogP contribution < -0.4 is 0 Å². The quantitative estimate of drug-likeness (QED) is 0.262. The molecule has 1 saturated heterocycles. The molecule has 0 bridgehead atoms. The van der Waals surface area contributed by atoms with Crippen LogP contribution in [-0.4, -0.2) is 57.7 Å². The summed E-state index contributed by atoms with van der Waals surface area (Å²) in [7, 11) is 1.69. The first-order chi connectivity index (χ1) is 16.0. The Balaban J connectivity index is 2.22. The molecular weight excluding hydrogens is 462 g/mol. The molecule has 186 valence electrons. The molecule has 3 amide bonds. The van der Waals surface area contributed by atoms with Crippen molar-refractivity contribution in [2.45, 2.75) is 71.9 Å². The molecule has 1 aliphatic rings. The first-order valence-electron chi connectivity index (χ1n) is 11.1. The number of hydrogen-bond donors (Lipinski definition) is 0. The lowest BCUT2D eigenvalue weighted by molar-refractivity contribution is -0.172. The molecule has 1 fully saturated rings. The predicted molar refractivity (Wildman–Crippen MR) is 123 cm³/mol. The number of imide groups is 1. The van der Waals surface area contributed by atoms with Crippen LogP contribution in [-0.2, 0) is 28.8 Å². The Labute approximate surface area is 202 Å². The molecule has 0 N–H and O–H groups in total. The zero-order valence-corrected chi connectivity index (χ0v) is 21.0. The fraction of sp³-hybridized carbons (Fsp3) is 0.565. The fourth-order valence-electron chi connectivity index (χ4n) is 3.62. The van der Waals surface area contributed by atoms with Crippen LogP contribution in [0.5, 0.6) is 0 Å². The zero-order valence-electron chi connectivity index (χ0n) is 20.2. The van der Waals surface area contributed by atoms with E-state index in [1.165, 1.54) is 12.3 Å². The first kappa shape index (κ1) is 27.2. The van der Waals surface area contributed by atoms with Crippen LogP contribution in [0.1, 0.15) is 81.4 Å². The fourth-order valence-corrected chi connectivity index (χ4v) is 4.45. The van der Waals surface area contributed by atoms with Crippen LogP contribution in [0.4, 0.5) is 0 Å². The van der Waals surface area contributed by atoms with Gasteiger partial charge in [-0.2, -0.15) is 0 Å². The number of thiazole rings is 1. The molecule has 2 heterocycles. The summed E-state index contributed by atoms with van der Waals surface area (Å²) in [5.74, 6) is -2.84. The molecule has 34 heavy (non-hydrogen) atoms. The van der Waals surface area contributed by atoms with Crippen molar-refractivity contribution in [2.24, 2.45) is 5.92 Å². The van der Waals surface area contributed by atoms with Crippen molar-refractivity contribution >= 4 is 41.0 Å². The molecule has 0 saturated carbocycles. The summed E-state index contributed by atoms with van der Waals surface area (Å²) >= 11 is 1.08. The van der Waals surface area contributed by atoms with Crippen LogP contribution in [0.25, 0.3) is 0 Å². The number of aromatic nitrogens is 1. The molecule has 1 aliphatic heterocycles. The van der Waals surface area contributed by atoms with Crippen LogP contribution in [0, 0.1) is 5.92 Å². The van der Waals surface area contributed by atoms with Gasteiger partial charge in [0.1, 0.15) is 5.01 Å². The van der Waals surface area contributed by atoms with E-state index in [9.17, 15) is 24.0 Å². The van der Waals surface area contributed by atoms with Gasteiger partial charge in [0, 0.05) is 50.2 Å². The minimum Gasteiger partial charge on any atom is -0.455 e. The van der Waals surface area contributed by atoms with Crippen molar-refractivity contribution in [1.29, 1.82) is 0 Å². The van der Waals surface area contributed by atoms with Crippen LogP contribution in [0.3, 0.4) is 0 Å². The van der Waals surface area contributed by atoms with Gasteiger partial charge >= 0.3 is 11.9 Å². The van der Waals surface area contributed by atoms with E-state index in [0.717, 1.165) is 17.8 Å². The van der Waals surface area contributed by atoms with Crippen molar-refractivity contribution in [3.8, 4) is 0 Å². The number of hydrogen-bond acceptors (Lipinski definition) is 9. The SMILES string of the molecule is C=C(CCC)C(=O)N(C)[C@H](C[C@@H](OC(C)=O)c1nc(C(=O)ON2C(=O)CCC2=O)cs1)C(C)C. The number of ether oxygens (including phenoxy) is 1. The van der Waals surface area contributed by atoms with Gasteiger partial charge in [-0.15, -0.1) is 16.4 Å². The number of amides is 3. The van der Waals surface area contributed by atoms with E-state index in [-0.39, 0.29) is 42.8 Å². The second-order valence-electron chi connectivity index (χ2n) is 8.45. The van der Waals surface area contributed by atoms with E-state index in [4.69, 9.17) is 9.57 Å². The minimum atomic E-state index is -0.962. The second-order valence-corrected chi connectivity index (χ2v) is 9.34. The van der Waals surface area contributed by atoms with Crippen molar-refractivity contribution in [3.05, 3.63) is 28.2 Å². The van der Waals surface area contributed by atoms with E-state index < -0.39 is 29.9 Å². The maximum absolute atomic E-state index is 12.8. The van der Waals surface area contributed by atoms with Crippen molar-refractivity contribution in [1.82, 2.24) is 14.9 Å². The minimum absolute atomic E-state index is 0.0174. The molecule has 0 aliphatic carbocycles. The number of carbonyl (C=O) groups excluding carboxylic acids is 5. The molecule has 2 rings (SSSR count). The topological polar surface area (TPSA) is 123 Å². The van der Waals surface area contributed by atoms with E-state index in [2.05, 4.69) is 11.6 Å². The molecule has 0 spiro atoms. The van der Waals surface area contributed by atoms with Gasteiger partial charge in [0.15, 0.2) is 11.8 Å². The van der Waals surface area contributed by atoms with Crippen LogP contribution >= 0.6 is 11.3 Å². The Bertz CT molecular complexity index is 956. The number of likely N-dealkylation sites (N-methyl/N-ethyl adjacent to an activating group) is 1. The lowest BCUT2D eigenvalue weighted by atomic mass is 9.95. The standard InChI is InChI=1S/C23H31N3O7S/c1-7-8-14(4)22(30)25(6)17(13(2)3)11-18(32-15(5)27)21-24-16(12-34-21)23(31)33-26-19(28)9-10-20(26)29/h12-13,17-18H,4,7-11H2,1-3,5-6H3/t17-,18-/m1/s1. The molecule has 1 aromatic rings. The molecule has 10 nitrogen and oxygen atoms in total. The Kier molecular flexibility index (Phi) is 9.48. The molecule has 1 aromatic heterocycles. The maximum atomic E-state index is 12.8. The van der Waals surface area contributed by atoms with E-state index in [0.29, 0.717) is 22.1 Å². The molecule has 0 unspecified atom stereocenters. The van der Waals surface area contributed by atoms with Crippen LogP contribution in [0.2, 0.25) is 0 Å². The first-order valence-corrected chi connectivity index (χ1v) is 12.0. The second kappa shape index (κ2) is 11.9. The summed E-state index contributed by atoms with van der Waals surface area (Å²) in [4.78, 5) is 71.2. The molecular formula is C23H31N3O7S. The number of rotatable bonds is 11. The van der Waals surface area contributed by atoms with Crippen LogP contribution in [0.15, 0.2) is 17.5 Å². The number of esters is 1. The third-order valence-corrected chi connectivity index (χ3v) is 6.33. The summed E-state index contributed by atoms with van der Waals surface area (Å²) in [6, 6.07) is -0.301. The van der Waals surface area contributed by atoms with E-state index in [1.807, 2.05) is 20.8 Å². The van der Waals surface area contributed by atoms with Gasteiger partial charge in [-0.25, -0.2) is 9.78 Å². The van der Waals surface area contributed by atoms with Gasteiger partial charge in [-0.1, -0.05) is 33.8 Å². The third-order valence-electron chi connectivity index (χ3n) is 5.39. The highest BCUT2D eigenvalue weighted by molar-refractivity contribution is 7.09. The lowest BCUT2D eigenvalue weighted by Gasteiger charge is -2.34. The number of carbonyl (C=O) groups is 5. The molecule has 11 heteroatoms. The van der Waals surface area contributed by atoms with Crippen molar-refractivity contribution in [3.63, 3.8) is 0 Å². The average Bonchev–Trinajstić information content (AvgIpc) is 3.38. The summed E-state index contributed by atoms with van der Waals surface area (Å²) in [5.41, 5.74) is 0.386. The van der Waals surface area contributed by atoms with Crippen molar-refractivity contribution < 1.29 is 33.5 Å². The highest BCUT2D eigenvalue weighted by Crippen LogP contribution is 2.31. The number of nitrogens with zero attached hydrogens (tertiary/aromatic N) is 3. The smallest absolute Gasteiger partial charge is 0.382 e. The summed E-state index contributed by atoms with van der Waals surface area (Å²) < 4.78 is 5.49. The largest absolute Gasteiger partial charge is 0.455 e. The van der Waals surface area contributed by atoms with Gasteiger partial charge < -0.3 is 14.5 Å². The van der Waals surface area contributed by atoms with Gasteiger partial charge in [-0.3, -0.25) is 19.2 Å². The summed E-state index contributed by atoms with van der Waals surface area (Å²) in [6.45, 7) is 11.0. The Morgan fingerprint density at radius 1 is 1.24 bits per heavy atom. The summed E-state index contributed by atoms with van der Waals surface area (Å²) in [6.07, 6.45) is 0.785. The normalized spacial score (nSPS) is 15.3. The Morgan fingerprint density at radius 2 is 1.85 bits per heavy atom. The zero-order chi connectivity index (χ0) is 25.6. The average molecular weight is 494 g/mol. The monoisotopic (exact) mass is 493 g/mol. The van der Waals surface area contributed by atoms with Gasteiger partial charge in [0.2, 0.25) is 5.91 Å². The van der Waals surface area contributed by atoms with E-state index in [1.54, 1.807) is 11.9 Å². The third kappa shape index (κ3) is 6.72. The predicted octanol–water partition coefficient (Wildman–Crippen LogP) is 3.20. The summed E-state index contributed by atoms with van der Waals surface area (Å²) in [5, 5.41) is 2.19. The van der Waals surface area contributed by atoms with E-state index >= 15 is 0 Å². The Morgan fingerprint density at radius 3 is 2.38 bits per heavy atom. The van der Waals surface area contributed by atoms with Gasteiger partial charge in [-0.05, 0) is 12.3 Å².